The zero-order valence-corrected chi connectivity index (χ0v) is 11.6. The lowest BCUT2D eigenvalue weighted by Gasteiger charge is -2.09. The molecule has 2 aromatic rings. The third-order valence-corrected chi connectivity index (χ3v) is 3.34. The highest BCUT2D eigenvalue weighted by Crippen LogP contribution is 2.23. The van der Waals surface area contributed by atoms with Crippen LogP contribution >= 0.6 is 23.2 Å². The van der Waals surface area contributed by atoms with Crippen molar-refractivity contribution in [2.75, 3.05) is 0 Å². The first-order valence-corrected chi connectivity index (χ1v) is 6.33. The summed E-state index contributed by atoms with van der Waals surface area (Å²) in [4.78, 5) is 8.10. The lowest BCUT2D eigenvalue weighted by atomic mass is 10.1. The molecule has 2 rings (SSSR count). The molecule has 3 nitrogen and oxygen atoms in total. The van der Waals surface area contributed by atoms with Crippen LogP contribution in [0.1, 0.15) is 22.6 Å². The van der Waals surface area contributed by atoms with Gasteiger partial charge in [-0.15, -0.1) is 0 Å². The zero-order valence-electron chi connectivity index (χ0n) is 10.1. The van der Waals surface area contributed by atoms with Crippen LogP contribution in [0.3, 0.4) is 0 Å². The normalized spacial score (nSPS) is 10.8. The van der Waals surface area contributed by atoms with Crippen LogP contribution in [0.5, 0.6) is 0 Å². The number of halogens is 3. The monoisotopic (exact) mass is 300 g/mol. The van der Waals surface area contributed by atoms with E-state index in [1.165, 1.54) is 12.1 Å². The molecule has 100 valence electrons. The van der Waals surface area contributed by atoms with Gasteiger partial charge >= 0.3 is 0 Å². The number of nitrogens with zero attached hydrogens (tertiary/aromatic N) is 2. The topological polar surface area (TPSA) is 46.0 Å². The Morgan fingerprint density at radius 3 is 2.58 bits per heavy atom. The van der Waals surface area contributed by atoms with Crippen LogP contribution in [0.25, 0.3) is 0 Å². The molecule has 1 aromatic heterocycles. The number of hydrogen-bond acceptors (Lipinski definition) is 3. The molecule has 0 aliphatic rings. The standard InChI is InChI=1S/C13H11Cl2FN2O/c1-7-9(13(15)18-12(6-19)17-7)4-8-2-3-10(14)11(16)5-8/h2-3,5,19H,4,6H2,1H3. The average Bonchev–Trinajstić information content (AvgIpc) is 2.37. The molecule has 0 radical (unpaired) electrons. The van der Waals surface area contributed by atoms with Gasteiger partial charge in [0.15, 0.2) is 5.82 Å². The highest BCUT2D eigenvalue weighted by atomic mass is 35.5. The van der Waals surface area contributed by atoms with Gasteiger partial charge in [-0.1, -0.05) is 29.3 Å². The Morgan fingerprint density at radius 2 is 2.00 bits per heavy atom. The molecule has 19 heavy (non-hydrogen) atoms. The van der Waals surface area contributed by atoms with Crippen LogP contribution in [-0.2, 0) is 13.0 Å². The van der Waals surface area contributed by atoms with Crippen molar-refractivity contribution >= 4 is 23.2 Å². The summed E-state index contributed by atoms with van der Waals surface area (Å²) in [5, 5.41) is 9.34. The number of aliphatic hydroxyl groups excluding tert-OH is 1. The summed E-state index contributed by atoms with van der Waals surface area (Å²) in [5.74, 6) is -0.200. The van der Waals surface area contributed by atoms with Crippen molar-refractivity contribution in [2.24, 2.45) is 0 Å². The zero-order chi connectivity index (χ0) is 14.0. The molecule has 0 saturated carbocycles. The van der Waals surface area contributed by atoms with Gasteiger partial charge in [-0.3, -0.25) is 0 Å². The molecule has 0 aliphatic carbocycles. The Morgan fingerprint density at radius 1 is 1.26 bits per heavy atom. The van der Waals surface area contributed by atoms with Gasteiger partial charge in [0.2, 0.25) is 0 Å². The van der Waals surface area contributed by atoms with Crippen LogP contribution in [-0.4, -0.2) is 15.1 Å². The molecular weight excluding hydrogens is 290 g/mol. The van der Waals surface area contributed by atoms with E-state index in [2.05, 4.69) is 9.97 Å². The summed E-state index contributed by atoms with van der Waals surface area (Å²) >= 11 is 11.7. The molecule has 0 atom stereocenters. The maximum Gasteiger partial charge on any atom is 0.155 e. The first-order valence-electron chi connectivity index (χ1n) is 5.58. The fourth-order valence-electron chi connectivity index (χ4n) is 1.74. The molecular formula is C13H11Cl2FN2O. The smallest absolute Gasteiger partial charge is 0.155 e. The first-order chi connectivity index (χ1) is 9.01. The molecule has 0 spiro atoms. The molecule has 1 N–H and O–H groups in total. The number of aryl methyl sites for hydroxylation is 1. The lowest BCUT2D eigenvalue weighted by molar-refractivity contribution is 0.271. The van der Waals surface area contributed by atoms with Gasteiger partial charge < -0.3 is 5.11 Å². The second kappa shape index (κ2) is 5.82. The second-order valence-electron chi connectivity index (χ2n) is 4.08. The van der Waals surface area contributed by atoms with Crippen molar-refractivity contribution < 1.29 is 9.50 Å². The van der Waals surface area contributed by atoms with E-state index >= 15 is 0 Å². The molecule has 1 aromatic carbocycles. The summed E-state index contributed by atoms with van der Waals surface area (Å²) < 4.78 is 13.4. The fraction of sp³-hybridized carbons (Fsp3) is 0.231. The Hall–Kier alpha value is -1.23. The van der Waals surface area contributed by atoms with Crippen molar-refractivity contribution in [1.29, 1.82) is 0 Å². The van der Waals surface area contributed by atoms with Gasteiger partial charge in [0.1, 0.15) is 17.6 Å². The van der Waals surface area contributed by atoms with Gasteiger partial charge in [0.25, 0.3) is 0 Å². The van der Waals surface area contributed by atoms with E-state index in [1.54, 1.807) is 13.0 Å². The van der Waals surface area contributed by atoms with Crippen molar-refractivity contribution in [3.63, 3.8) is 0 Å². The van der Waals surface area contributed by atoms with Gasteiger partial charge in [-0.05, 0) is 24.6 Å². The molecule has 6 heteroatoms. The number of aromatic nitrogens is 2. The van der Waals surface area contributed by atoms with E-state index in [0.29, 0.717) is 17.7 Å². The van der Waals surface area contributed by atoms with Crippen LogP contribution < -0.4 is 0 Å². The summed E-state index contributed by atoms with van der Waals surface area (Å²) in [5.41, 5.74) is 2.10. The molecule has 0 unspecified atom stereocenters. The Balaban J connectivity index is 2.35. The van der Waals surface area contributed by atoms with Gasteiger partial charge in [-0.25, -0.2) is 14.4 Å². The largest absolute Gasteiger partial charge is 0.388 e. The summed E-state index contributed by atoms with van der Waals surface area (Å²) in [7, 11) is 0. The maximum atomic E-state index is 13.4. The molecule has 0 saturated heterocycles. The van der Waals surface area contributed by atoms with Gasteiger partial charge in [0.05, 0.1) is 5.02 Å². The minimum absolute atomic E-state index is 0.0819. The lowest BCUT2D eigenvalue weighted by Crippen LogP contribution is -2.04. The van der Waals surface area contributed by atoms with Crippen molar-refractivity contribution in [3.05, 3.63) is 56.8 Å². The minimum Gasteiger partial charge on any atom is -0.388 e. The molecule has 0 aliphatic heterocycles. The van der Waals surface area contributed by atoms with Crippen LogP contribution in [0.15, 0.2) is 18.2 Å². The third kappa shape index (κ3) is 3.21. The molecule has 1 heterocycles. The highest BCUT2D eigenvalue weighted by molar-refractivity contribution is 6.30. The van der Waals surface area contributed by atoms with Crippen molar-refractivity contribution in [2.45, 2.75) is 20.0 Å². The Kier molecular flexibility index (Phi) is 4.34. The predicted molar refractivity (Wildman–Crippen MR) is 71.9 cm³/mol. The van der Waals surface area contributed by atoms with Crippen LogP contribution in [0, 0.1) is 12.7 Å². The van der Waals surface area contributed by atoms with Crippen molar-refractivity contribution in [1.82, 2.24) is 9.97 Å². The number of rotatable bonds is 3. The number of aliphatic hydroxyl groups is 1. The average molecular weight is 301 g/mol. The summed E-state index contributed by atoms with van der Waals surface area (Å²) in [6.45, 7) is 1.50. The summed E-state index contributed by atoms with van der Waals surface area (Å²) in [6, 6.07) is 4.58. The van der Waals surface area contributed by atoms with Crippen LogP contribution in [0.2, 0.25) is 10.2 Å². The van der Waals surface area contributed by atoms with E-state index in [0.717, 1.165) is 5.56 Å². The molecule has 0 bridgehead atoms. The molecule has 0 fully saturated rings. The summed E-state index contributed by atoms with van der Waals surface area (Å²) in [6.07, 6.45) is 0.407. The second-order valence-corrected chi connectivity index (χ2v) is 4.84. The van der Waals surface area contributed by atoms with Crippen LogP contribution in [0.4, 0.5) is 4.39 Å². The van der Waals surface area contributed by atoms with Gasteiger partial charge in [0, 0.05) is 17.7 Å². The Bertz CT molecular complexity index is 597. The SMILES string of the molecule is Cc1nc(CO)nc(Cl)c1Cc1ccc(Cl)c(F)c1. The fourth-order valence-corrected chi connectivity index (χ4v) is 2.16. The van der Waals surface area contributed by atoms with E-state index < -0.39 is 5.82 Å². The minimum atomic E-state index is -0.471. The Labute approximate surface area is 120 Å². The van der Waals surface area contributed by atoms with E-state index in [9.17, 15) is 4.39 Å². The van der Waals surface area contributed by atoms with E-state index in [1.807, 2.05) is 0 Å². The third-order valence-electron chi connectivity index (χ3n) is 2.72. The number of benzene rings is 1. The quantitative estimate of drug-likeness (QED) is 0.885. The maximum absolute atomic E-state index is 13.4. The molecule has 0 amide bonds. The van der Waals surface area contributed by atoms with Crippen molar-refractivity contribution in [3.8, 4) is 0 Å². The van der Waals surface area contributed by atoms with Gasteiger partial charge in [-0.2, -0.15) is 0 Å². The predicted octanol–water partition coefficient (Wildman–Crippen LogP) is 3.31. The highest BCUT2D eigenvalue weighted by Gasteiger charge is 2.11. The van der Waals surface area contributed by atoms with E-state index in [-0.39, 0.29) is 22.6 Å². The number of hydrogen-bond donors (Lipinski definition) is 1. The van der Waals surface area contributed by atoms with E-state index in [4.69, 9.17) is 28.3 Å². The first kappa shape index (κ1) is 14.2.